The lowest BCUT2D eigenvalue weighted by Crippen LogP contribution is -2.52. The molecule has 0 aliphatic heterocycles. The Balaban J connectivity index is 2.42. The third-order valence-electron chi connectivity index (χ3n) is 5.39. The van der Waals surface area contributed by atoms with E-state index in [0.717, 1.165) is 17.0 Å². The summed E-state index contributed by atoms with van der Waals surface area (Å²) in [7, 11) is -3.82. The molecule has 1 atom stereocenters. The Hall–Kier alpha value is -2.49. The number of nitrogens with zero attached hydrogens (tertiary/aromatic N) is 2. The van der Waals surface area contributed by atoms with Gasteiger partial charge in [-0.15, -0.1) is 0 Å². The van der Waals surface area contributed by atoms with Gasteiger partial charge in [0.25, 0.3) is 0 Å². The molecular weight excluding hydrogens is 525 g/mol. The second-order valence-electron chi connectivity index (χ2n) is 8.18. The Morgan fingerprint density at radius 3 is 2.22 bits per heavy atom. The number of ether oxygens (including phenoxy) is 1. The van der Waals surface area contributed by atoms with Crippen LogP contribution in [-0.2, 0) is 26.2 Å². The summed E-state index contributed by atoms with van der Waals surface area (Å²) >= 11 is 12.2. The number of nitrogens with one attached hydrogen (secondary N) is 1. The SMILES string of the molecule is CCCNC(=O)[C@@H](CC)N(Cc1ccc(Cl)c(Cl)c1)C(=O)CN(c1ccc(OCC)cc1)S(C)(=O)=O. The van der Waals surface area contributed by atoms with Crippen molar-refractivity contribution in [1.82, 2.24) is 10.2 Å². The van der Waals surface area contributed by atoms with Crippen LogP contribution in [0.15, 0.2) is 42.5 Å². The zero-order valence-electron chi connectivity index (χ0n) is 21.0. The Kier molecular flexibility index (Phi) is 11.3. The van der Waals surface area contributed by atoms with E-state index < -0.39 is 28.5 Å². The van der Waals surface area contributed by atoms with Crippen LogP contribution in [-0.4, -0.2) is 57.1 Å². The molecule has 8 nitrogen and oxygen atoms in total. The van der Waals surface area contributed by atoms with Gasteiger partial charge in [0, 0.05) is 13.1 Å². The van der Waals surface area contributed by atoms with Gasteiger partial charge in [-0.05, 0) is 61.7 Å². The molecule has 0 bridgehead atoms. The summed E-state index contributed by atoms with van der Waals surface area (Å²) in [6.07, 6.45) is 2.11. The molecule has 0 heterocycles. The van der Waals surface area contributed by atoms with Gasteiger partial charge >= 0.3 is 0 Å². The zero-order chi connectivity index (χ0) is 26.9. The predicted molar refractivity (Wildman–Crippen MR) is 144 cm³/mol. The van der Waals surface area contributed by atoms with Crippen molar-refractivity contribution in [1.29, 1.82) is 0 Å². The lowest BCUT2D eigenvalue weighted by atomic mass is 10.1. The number of carbonyl (C=O) groups excluding carboxylic acids is 2. The van der Waals surface area contributed by atoms with Crippen LogP contribution < -0.4 is 14.4 Å². The molecule has 2 rings (SSSR count). The number of benzene rings is 2. The third kappa shape index (κ3) is 8.28. The molecule has 2 aromatic rings. The van der Waals surface area contributed by atoms with Gasteiger partial charge in [-0.3, -0.25) is 13.9 Å². The third-order valence-corrected chi connectivity index (χ3v) is 7.27. The average Bonchev–Trinajstić information content (AvgIpc) is 2.83. The number of rotatable bonds is 13. The highest BCUT2D eigenvalue weighted by molar-refractivity contribution is 7.92. The second kappa shape index (κ2) is 13.7. The van der Waals surface area contributed by atoms with E-state index in [4.69, 9.17) is 27.9 Å². The molecular formula is C25H33Cl2N3O5S. The van der Waals surface area contributed by atoms with Gasteiger partial charge in [-0.1, -0.05) is 43.1 Å². The summed E-state index contributed by atoms with van der Waals surface area (Å²) in [6.45, 7) is 6.08. The summed E-state index contributed by atoms with van der Waals surface area (Å²) in [4.78, 5) is 28.0. The second-order valence-corrected chi connectivity index (χ2v) is 10.9. The van der Waals surface area contributed by atoms with E-state index in [-0.39, 0.29) is 12.5 Å². The Labute approximate surface area is 223 Å². The number of anilines is 1. The van der Waals surface area contributed by atoms with Crippen LogP contribution in [0.2, 0.25) is 10.0 Å². The molecule has 1 N–H and O–H groups in total. The Bertz CT molecular complexity index is 1140. The molecule has 0 aromatic heterocycles. The first kappa shape index (κ1) is 29.7. The van der Waals surface area contributed by atoms with Crippen molar-refractivity contribution in [3.8, 4) is 5.75 Å². The van der Waals surface area contributed by atoms with E-state index in [1.807, 2.05) is 13.8 Å². The molecule has 36 heavy (non-hydrogen) atoms. The van der Waals surface area contributed by atoms with E-state index in [1.165, 1.54) is 4.90 Å². The topological polar surface area (TPSA) is 96.0 Å². The lowest BCUT2D eigenvalue weighted by molar-refractivity contribution is -0.140. The molecule has 0 aliphatic rings. The maximum atomic E-state index is 13.6. The normalized spacial score (nSPS) is 12.1. The van der Waals surface area contributed by atoms with Gasteiger partial charge in [-0.25, -0.2) is 8.42 Å². The molecule has 0 saturated heterocycles. The number of halogens is 2. The summed E-state index contributed by atoms with van der Waals surface area (Å²) in [5.41, 5.74) is 0.971. The minimum Gasteiger partial charge on any atom is -0.494 e. The number of hydrogen-bond donors (Lipinski definition) is 1. The van der Waals surface area contributed by atoms with Gasteiger partial charge in [0.2, 0.25) is 21.8 Å². The first-order valence-electron chi connectivity index (χ1n) is 11.7. The standard InChI is InChI=1S/C25H33Cl2N3O5S/c1-5-14-28-25(32)23(6-2)29(16-18-8-13-21(26)22(27)15-18)24(31)17-30(36(4,33)34)19-9-11-20(12-10-19)35-7-3/h8-13,15,23H,5-7,14,16-17H2,1-4H3,(H,28,32)/t23-/m1/s1. The monoisotopic (exact) mass is 557 g/mol. The fourth-order valence-electron chi connectivity index (χ4n) is 3.61. The van der Waals surface area contributed by atoms with Gasteiger partial charge in [-0.2, -0.15) is 0 Å². The first-order chi connectivity index (χ1) is 17.0. The molecule has 0 spiro atoms. The van der Waals surface area contributed by atoms with E-state index in [0.29, 0.717) is 46.6 Å². The first-order valence-corrected chi connectivity index (χ1v) is 14.3. The zero-order valence-corrected chi connectivity index (χ0v) is 23.3. The minimum absolute atomic E-state index is 0.0503. The number of carbonyl (C=O) groups is 2. The lowest BCUT2D eigenvalue weighted by Gasteiger charge is -2.33. The maximum absolute atomic E-state index is 13.6. The van der Waals surface area contributed by atoms with E-state index in [2.05, 4.69) is 5.32 Å². The summed E-state index contributed by atoms with van der Waals surface area (Å²) in [5.74, 6) is -0.250. The molecule has 0 saturated carbocycles. The largest absolute Gasteiger partial charge is 0.494 e. The number of amides is 2. The summed E-state index contributed by atoms with van der Waals surface area (Å²) < 4.78 is 31.8. The highest BCUT2D eigenvalue weighted by atomic mass is 35.5. The molecule has 2 amide bonds. The van der Waals surface area contributed by atoms with Crippen LogP contribution in [0.1, 0.15) is 39.2 Å². The van der Waals surface area contributed by atoms with Gasteiger partial charge < -0.3 is 15.0 Å². The van der Waals surface area contributed by atoms with Gasteiger partial charge in [0.05, 0.1) is 28.6 Å². The van der Waals surface area contributed by atoms with E-state index >= 15 is 0 Å². The maximum Gasteiger partial charge on any atom is 0.244 e. The van der Waals surface area contributed by atoms with Crippen LogP contribution in [0, 0.1) is 0 Å². The van der Waals surface area contributed by atoms with E-state index in [1.54, 1.807) is 49.4 Å². The van der Waals surface area contributed by atoms with Crippen LogP contribution >= 0.6 is 23.2 Å². The van der Waals surface area contributed by atoms with Gasteiger partial charge in [0.15, 0.2) is 0 Å². The van der Waals surface area contributed by atoms with Crippen molar-refractivity contribution in [2.75, 3.05) is 30.3 Å². The van der Waals surface area contributed by atoms with E-state index in [9.17, 15) is 18.0 Å². The molecule has 0 radical (unpaired) electrons. The summed E-state index contributed by atoms with van der Waals surface area (Å²) in [6, 6.07) is 10.6. The van der Waals surface area contributed by atoms with Gasteiger partial charge in [0.1, 0.15) is 18.3 Å². The average molecular weight is 559 g/mol. The smallest absolute Gasteiger partial charge is 0.244 e. The van der Waals surface area contributed by atoms with Crippen LogP contribution in [0.4, 0.5) is 5.69 Å². The van der Waals surface area contributed by atoms with Crippen molar-refractivity contribution < 1.29 is 22.7 Å². The summed E-state index contributed by atoms with van der Waals surface area (Å²) in [5, 5.41) is 3.52. The van der Waals surface area contributed by atoms with Crippen LogP contribution in [0.25, 0.3) is 0 Å². The fourth-order valence-corrected chi connectivity index (χ4v) is 4.78. The highest BCUT2D eigenvalue weighted by Crippen LogP contribution is 2.25. The molecule has 11 heteroatoms. The predicted octanol–water partition coefficient (Wildman–Crippen LogP) is 4.49. The fraction of sp³-hybridized carbons (Fsp3) is 0.440. The molecule has 0 unspecified atom stereocenters. The van der Waals surface area contributed by atoms with Crippen molar-refractivity contribution in [2.24, 2.45) is 0 Å². The quantitative estimate of drug-likeness (QED) is 0.391. The molecule has 198 valence electrons. The van der Waals surface area contributed by atoms with Crippen molar-refractivity contribution in [2.45, 2.75) is 46.2 Å². The number of sulfonamides is 1. The molecule has 2 aromatic carbocycles. The number of hydrogen-bond acceptors (Lipinski definition) is 5. The molecule has 0 aliphatic carbocycles. The Morgan fingerprint density at radius 1 is 1.03 bits per heavy atom. The Morgan fingerprint density at radius 2 is 1.69 bits per heavy atom. The minimum atomic E-state index is -3.82. The van der Waals surface area contributed by atoms with Crippen LogP contribution in [0.5, 0.6) is 5.75 Å². The van der Waals surface area contributed by atoms with Crippen LogP contribution in [0.3, 0.4) is 0 Å². The molecule has 0 fully saturated rings. The van der Waals surface area contributed by atoms with Crippen molar-refractivity contribution in [3.05, 3.63) is 58.1 Å². The highest BCUT2D eigenvalue weighted by Gasteiger charge is 2.31. The van der Waals surface area contributed by atoms with Crippen molar-refractivity contribution >= 4 is 50.7 Å². The van der Waals surface area contributed by atoms with Crippen molar-refractivity contribution in [3.63, 3.8) is 0 Å².